The first-order valence-corrected chi connectivity index (χ1v) is 12.7. The van der Waals surface area contributed by atoms with Crippen LogP contribution >= 0.6 is 11.8 Å². The molecule has 1 fully saturated rings. The van der Waals surface area contributed by atoms with Gasteiger partial charge in [0, 0.05) is 17.8 Å². The number of hydrogen-bond acceptors (Lipinski definition) is 5. The minimum Gasteiger partial charge on any atom is -0.336 e. The number of nitrogens with zero attached hydrogens (tertiary/aromatic N) is 5. The minimum absolute atomic E-state index is 0.0691. The molecular weight excluding hydrogens is 467 g/mol. The largest absolute Gasteiger partial charge is 0.336 e. The number of rotatable bonds is 6. The number of fused-ring (bicyclic) bond motifs is 3. The molecule has 1 saturated heterocycles. The first kappa shape index (κ1) is 23.3. The van der Waals surface area contributed by atoms with Crippen molar-refractivity contribution in [2.45, 2.75) is 56.9 Å². The molecule has 2 atom stereocenters. The van der Waals surface area contributed by atoms with E-state index in [0.29, 0.717) is 16.6 Å². The summed E-state index contributed by atoms with van der Waals surface area (Å²) in [5, 5.41) is 11.9. The van der Waals surface area contributed by atoms with Gasteiger partial charge in [0.15, 0.2) is 5.16 Å². The maximum atomic E-state index is 13.4. The molecule has 2 amide bonds. The van der Waals surface area contributed by atoms with Gasteiger partial charge in [0.1, 0.15) is 12.4 Å². The van der Waals surface area contributed by atoms with Crippen LogP contribution in [-0.4, -0.2) is 53.7 Å². The van der Waals surface area contributed by atoms with Crippen LogP contribution in [0, 0.1) is 5.82 Å². The number of aromatic nitrogens is 4. The summed E-state index contributed by atoms with van der Waals surface area (Å²) in [5.74, 6) is 0.0256. The highest BCUT2D eigenvalue weighted by molar-refractivity contribution is 7.99. The highest BCUT2D eigenvalue weighted by Gasteiger charge is 2.30. The standard InChI is InChI=1S/C25H27FN6O2S/c1-16-7-5-8-17(2)31(16)23(34)14-30-20-11-3-4-12-21(20)32-24(30)28-29-25(32)35-15-22(33)27-19-10-6-9-18(26)13-19/h3-4,6,9-13,16-17H,5,7-8,14-15H2,1-2H3,(H,27,33)/t16-,17-/m0/s1. The van der Waals surface area contributed by atoms with E-state index in [2.05, 4.69) is 29.4 Å². The van der Waals surface area contributed by atoms with Crippen molar-refractivity contribution in [2.24, 2.45) is 0 Å². The van der Waals surface area contributed by atoms with Crippen LogP contribution in [0.2, 0.25) is 0 Å². The third-order valence-corrected chi connectivity index (χ3v) is 7.42. The number of benzene rings is 2. The third kappa shape index (κ3) is 4.62. The number of piperidine rings is 1. The Kier molecular flexibility index (Phi) is 6.46. The number of carbonyl (C=O) groups excluding carboxylic acids is 2. The number of thioether (sulfide) groups is 1. The van der Waals surface area contributed by atoms with Gasteiger partial charge in [-0.2, -0.15) is 0 Å². The molecule has 182 valence electrons. The third-order valence-electron chi connectivity index (χ3n) is 6.49. The summed E-state index contributed by atoms with van der Waals surface area (Å²) in [7, 11) is 0. The molecule has 0 aliphatic carbocycles. The summed E-state index contributed by atoms with van der Waals surface area (Å²) >= 11 is 1.24. The molecule has 1 N–H and O–H groups in total. The fourth-order valence-corrected chi connectivity index (χ4v) is 5.65. The summed E-state index contributed by atoms with van der Waals surface area (Å²) in [5.41, 5.74) is 2.15. The number of likely N-dealkylation sites (tertiary alicyclic amines) is 1. The number of carbonyl (C=O) groups is 2. The van der Waals surface area contributed by atoms with E-state index in [1.807, 2.05) is 38.1 Å². The van der Waals surface area contributed by atoms with Gasteiger partial charge < -0.3 is 10.2 Å². The Morgan fingerprint density at radius 3 is 2.54 bits per heavy atom. The van der Waals surface area contributed by atoms with Gasteiger partial charge in [-0.05, 0) is 63.4 Å². The van der Waals surface area contributed by atoms with Gasteiger partial charge in [0.2, 0.25) is 17.6 Å². The van der Waals surface area contributed by atoms with Crippen LogP contribution in [-0.2, 0) is 16.1 Å². The number of nitrogens with one attached hydrogen (secondary N) is 1. The van der Waals surface area contributed by atoms with Crippen molar-refractivity contribution in [3.63, 3.8) is 0 Å². The summed E-state index contributed by atoms with van der Waals surface area (Å²) < 4.78 is 17.2. The first-order valence-electron chi connectivity index (χ1n) is 11.7. The van der Waals surface area contributed by atoms with Crippen LogP contribution in [0.1, 0.15) is 33.1 Å². The van der Waals surface area contributed by atoms with Crippen LogP contribution in [0.3, 0.4) is 0 Å². The smallest absolute Gasteiger partial charge is 0.243 e. The maximum absolute atomic E-state index is 13.4. The number of amides is 2. The molecule has 0 unspecified atom stereocenters. The Bertz CT molecular complexity index is 1390. The van der Waals surface area contributed by atoms with E-state index in [9.17, 15) is 14.0 Å². The van der Waals surface area contributed by atoms with Crippen LogP contribution in [0.5, 0.6) is 0 Å². The Labute approximate surface area is 206 Å². The quantitative estimate of drug-likeness (QED) is 0.403. The van der Waals surface area contributed by atoms with Crippen molar-refractivity contribution in [1.29, 1.82) is 0 Å². The zero-order valence-corrected chi connectivity index (χ0v) is 20.5. The van der Waals surface area contributed by atoms with Crippen LogP contribution < -0.4 is 5.32 Å². The van der Waals surface area contributed by atoms with E-state index in [4.69, 9.17) is 0 Å². The predicted molar refractivity (Wildman–Crippen MR) is 134 cm³/mol. The molecule has 2 aromatic heterocycles. The second kappa shape index (κ2) is 9.69. The van der Waals surface area contributed by atoms with E-state index in [0.717, 1.165) is 30.3 Å². The number of imidazole rings is 1. The lowest BCUT2D eigenvalue weighted by atomic mass is 9.97. The van der Waals surface area contributed by atoms with E-state index in [-0.39, 0.29) is 36.2 Å². The molecule has 5 rings (SSSR count). The topological polar surface area (TPSA) is 84.5 Å². The first-order chi connectivity index (χ1) is 16.9. The molecular formula is C25H27FN6O2S. The van der Waals surface area contributed by atoms with Gasteiger partial charge in [-0.25, -0.2) is 4.39 Å². The molecule has 3 heterocycles. The molecule has 1 aliphatic heterocycles. The van der Waals surface area contributed by atoms with Crippen LogP contribution in [0.25, 0.3) is 16.8 Å². The van der Waals surface area contributed by atoms with Crippen molar-refractivity contribution in [3.8, 4) is 0 Å². The van der Waals surface area contributed by atoms with Crippen molar-refractivity contribution < 1.29 is 14.0 Å². The van der Waals surface area contributed by atoms with Crippen molar-refractivity contribution in [2.75, 3.05) is 11.1 Å². The molecule has 8 nitrogen and oxygen atoms in total. The van der Waals surface area contributed by atoms with Gasteiger partial charge in [-0.15, -0.1) is 10.2 Å². The average molecular weight is 495 g/mol. The Balaban J connectivity index is 1.39. The molecule has 1 aliphatic rings. The monoisotopic (exact) mass is 494 g/mol. The summed E-state index contributed by atoms with van der Waals surface area (Å²) in [4.78, 5) is 27.8. The molecule has 0 radical (unpaired) electrons. The van der Waals surface area contributed by atoms with E-state index in [1.54, 1.807) is 12.1 Å². The summed E-state index contributed by atoms with van der Waals surface area (Å²) in [6, 6.07) is 14.0. The van der Waals surface area contributed by atoms with Gasteiger partial charge in [0.25, 0.3) is 0 Å². The average Bonchev–Trinajstić information content (AvgIpc) is 3.37. The lowest BCUT2D eigenvalue weighted by Gasteiger charge is -2.39. The van der Waals surface area contributed by atoms with Crippen LogP contribution in [0.4, 0.5) is 10.1 Å². The SMILES string of the molecule is C[C@H]1CCC[C@H](C)N1C(=O)Cn1c2ccccc2n2c(SCC(=O)Nc3cccc(F)c3)nnc12. The molecule has 10 heteroatoms. The number of hydrogen-bond donors (Lipinski definition) is 1. The van der Waals surface area contributed by atoms with Gasteiger partial charge in [0.05, 0.1) is 16.8 Å². The Hall–Kier alpha value is -3.40. The predicted octanol–water partition coefficient (Wildman–Crippen LogP) is 4.34. The van der Waals surface area contributed by atoms with Gasteiger partial charge >= 0.3 is 0 Å². The van der Waals surface area contributed by atoms with Crippen LogP contribution in [0.15, 0.2) is 53.7 Å². The van der Waals surface area contributed by atoms with E-state index in [1.165, 1.54) is 23.9 Å². The van der Waals surface area contributed by atoms with E-state index < -0.39 is 5.82 Å². The molecule has 4 aromatic rings. The summed E-state index contributed by atoms with van der Waals surface area (Å²) in [6.07, 6.45) is 3.17. The zero-order valence-electron chi connectivity index (χ0n) is 19.6. The molecule has 35 heavy (non-hydrogen) atoms. The number of halogens is 1. The van der Waals surface area contributed by atoms with E-state index >= 15 is 0 Å². The minimum atomic E-state index is -0.412. The molecule has 0 bridgehead atoms. The Morgan fingerprint density at radius 1 is 1.06 bits per heavy atom. The van der Waals surface area contributed by atoms with Crippen molar-refractivity contribution >= 4 is 46.1 Å². The normalized spacial score (nSPS) is 18.3. The lowest BCUT2D eigenvalue weighted by molar-refractivity contribution is -0.137. The zero-order chi connectivity index (χ0) is 24.5. The van der Waals surface area contributed by atoms with Gasteiger partial charge in [-0.3, -0.25) is 18.6 Å². The number of para-hydroxylation sites is 2. The fraction of sp³-hybridized carbons (Fsp3) is 0.360. The van der Waals surface area contributed by atoms with Gasteiger partial charge in [-0.1, -0.05) is 30.0 Å². The Morgan fingerprint density at radius 2 is 1.80 bits per heavy atom. The second-order valence-corrected chi connectivity index (χ2v) is 9.91. The van der Waals surface area contributed by atoms with Crippen molar-refractivity contribution in [3.05, 3.63) is 54.3 Å². The highest BCUT2D eigenvalue weighted by Crippen LogP contribution is 2.28. The summed E-state index contributed by atoms with van der Waals surface area (Å²) in [6.45, 7) is 4.39. The second-order valence-electron chi connectivity index (χ2n) is 8.97. The fourth-order valence-electron chi connectivity index (χ4n) is 4.91. The van der Waals surface area contributed by atoms with Crippen molar-refractivity contribution in [1.82, 2.24) is 24.1 Å². The highest BCUT2D eigenvalue weighted by atomic mass is 32.2. The maximum Gasteiger partial charge on any atom is 0.243 e. The molecule has 0 spiro atoms. The molecule has 2 aromatic carbocycles. The number of anilines is 1. The molecule has 0 saturated carbocycles. The lowest BCUT2D eigenvalue weighted by Crippen LogP contribution is -2.48.